The summed E-state index contributed by atoms with van der Waals surface area (Å²) in [4.78, 5) is 46.9. The maximum absolute atomic E-state index is 12.0. The van der Waals surface area contributed by atoms with Gasteiger partial charge in [0.1, 0.15) is 0 Å². The van der Waals surface area contributed by atoms with Gasteiger partial charge in [0.2, 0.25) is 0 Å². The van der Waals surface area contributed by atoms with Gasteiger partial charge in [-0.1, -0.05) is 6.42 Å². The molecule has 2 unspecified atom stereocenters. The van der Waals surface area contributed by atoms with Gasteiger partial charge >= 0.3 is 0 Å². The van der Waals surface area contributed by atoms with E-state index in [1.165, 1.54) is 36.5 Å². The molecule has 22 heavy (non-hydrogen) atoms. The fourth-order valence-electron chi connectivity index (χ4n) is 3.50. The Kier molecular flexibility index (Phi) is 3.84. The second-order valence-electron chi connectivity index (χ2n) is 5.97. The molecule has 1 fully saturated rings. The van der Waals surface area contributed by atoms with Crippen LogP contribution in [0.4, 0.5) is 0 Å². The molecule has 3 rings (SSSR count). The van der Waals surface area contributed by atoms with Crippen LogP contribution < -0.4 is 0 Å². The first-order valence-electron chi connectivity index (χ1n) is 7.49. The molecular formula is C18H16O4. The largest absolute Gasteiger partial charge is 0.290 e. The number of carbonyl (C=O) groups excluding carboxylic acids is 4. The third-order valence-corrected chi connectivity index (χ3v) is 4.55. The van der Waals surface area contributed by atoms with Crippen LogP contribution in [0.25, 0.3) is 0 Å². The van der Waals surface area contributed by atoms with Gasteiger partial charge < -0.3 is 0 Å². The zero-order valence-corrected chi connectivity index (χ0v) is 12.1. The molecule has 0 heterocycles. The van der Waals surface area contributed by atoms with E-state index in [1.54, 1.807) is 0 Å². The molecule has 0 aromatic heterocycles. The predicted molar refractivity (Wildman–Crippen MR) is 79.9 cm³/mol. The summed E-state index contributed by atoms with van der Waals surface area (Å²) in [5.41, 5.74) is 1.07. The average molecular weight is 296 g/mol. The van der Waals surface area contributed by atoms with Crippen LogP contribution in [0.15, 0.2) is 47.6 Å². The van der Waals surface area contributed by atoms with Crippen LogP contribution in [0.1, 0.15) is 25.7 Å². The number of hydrogen-bond donors (Lipinski definition) is 0. The van der Waals surface area contributed by atoms with Crippen molar-refractivity contribution in [1.82, 2.24) is 0 Å². The molecule has 2 atom stereocenters. The van der Waals surface area contributed by atoms with Crippen molar-refractivity contribution >= 4 is 23.1 Å². The minimum absolute atomic E-state index is 0.00360. The Morgan fingerprint density at radius 1 is 0.818 bits per heavy atom. The van der Waals surface area contributed by atoms with Crippen molar-refractivity contribution in [3.63, 3.8) is 0 Å². The lowest BCUT2D eigenvalue weighted by molar-refractivity contribution is -0.115. The molecule has 1 saturated carbocycles. The molecule has 0 aliphatic heterocycles. The molecule has 0 aromatic rings. The first-order chi connectivity index (χ1) is 10.5. The first kappa shape index (κ1) is 14.6. The Hall–Kier alpha value is -2.36. The van der Waals surface area contributed by atoms with Crippen LogP contribution in [0.3, 0.4) is 0 Å². The van der Waals surface area contributed by atoms with Gasteiger partial charge in [0.25, 0.3) is 0 Å². The highest BCUT2D eigenvalue weighted by Crippen LogP contribution is 2.41. The number of allylic oxidation sites excluding steroid dienone is 8. The van der Waals surface area contributed by atoms with Crippen molar-refractivity contribution in [2.45, 2.75) is 25.7 Å². The molecule has 4 nitrogen and oxygen atoms in total. The summed E-state index contributed by atoms with van der Waals surface area (Å²) in [5.74, 6) is -0.455. The number of ketones is 4. The van der Waals surface area contributed by atoms with E-state index in [-0.39, 0.29) is 35.0 Å². The van der Waals surface area contributed by atoms with Gasteiger partial charge in [0, 0.05) is 11.1 Å². The van der Waals surface area contributed by atoms with Crippen molar-refractivity contribution in [3.05, 3.63) is 47.6 Å². The predicted octanol–water partition coefficient (Wildman–Crippen LogP) is 2.06. The van der Waals surface area contributed by atoms with E-state index in [1.807, 2.05) is 0 Å². The van der Waals surface area contributed by atoms with Gasteiger partial charge in [-0.3, -0.25) is 19.2 Å². The molecule has 0 saturated heterocycles. The van der Waals surface area contributed by atoms with Crippen molar-refractivity contribution < 1.29 is 19.2 Å². The fourth-order valence-corrected chi connectivity index (χ4v) is 3.50. The normalized spacial score (nSPS) is 28.2. The second-order valence-corrected chi connectivity index (χ2v) is 5.97. The first-order valence-corrected chi connectivity index (χ1v) is 7.49. The van der Waals surface area contributed by atoms with Crippen molar-refractivity contribution in [3.8, 4) is 0 Å². The summed E-state index contributed by atoms with van der Waals surface area (Å²) in [7, 11) is 0. The van der Waals surface area contributed by atoms with Gasteiger partial charge in [-0.2, -0.15) is 0 Å². The maximum Gasteiger partial charge on any atom is 0.182 e. The topological polar surface area (TPSA) is 68.3 Å². The SMILES string of the molecule is O=C1C=CC(=O)C(CC2CCCC2C2=CC(=O)C=CC2=O)=C1. The molecule has 0 N–H and O–H groups in total. The van der Waals surface area contributed by atoms with Gasteiger partial charge in [0.05, 0.1) is 0 Å². The molecule has 0 radical (unpaired) electrons. The lowest BCUT2D eigenvalue weighted by Gasteiger charge is -2.23. The third-order valence-electron chi connectivity index (χ3n) is 4.55. The third kappa shape index (κ3) is 2.82. The average Bonchev–Trinajstić information content (AvgIpc) is 2.93. The zero-order chi connectivity index (χ0) is 15.7. The maximum atomic E-state index is 12.0. The number of hydrogen-bond acceptors (Lipinski definition) is 4. The number of rotatable bonds is 3. The van der Waals surface area contributed by atoms with E-state index >= 15 is 0 Å². The second kappa shape index (κ2) is 5.79. The van der Waals surface area contributed by atoms with Crippen LogP contribution in [0, 0.1) is 11.8 Å². The van der Waals surface area contributed by atoms with Gasteiger partial charge in [0.15, 0.2) is 23.1 Å². The minimum Gasteiger partial charge on any atom is -0.290 e. The molecular weight excluding hydrogens is 280 g/mol. The van der Waals surface area contributed by atoms with Crippen molar-refractivity contribution in [2.24, 2.45) is 11.8 Å². The van der Waals surface area contributed by atoms with Crippen LogP contribution in [0.2, 0.25) is 0 Å². The summed E-state index contributed by atoms with van der Waals surface area (Å²) in [5, 5.41) is 0. The van der Waals surface area contributed by atoms with Crippen molar-refractivity contribution in [1.29, 1.82) is 0 Å². The molecule has 0 bridgehead atoms. The Bertz CT molecular complexity index is 688. The highest BCUT2D eigenvalue weighted by Gasteiger charge is 2.35. The highest BCUT2D eigenvalue weighted by molar-refractivity contribution is 6.18. The van der Waals surface area contributed by atoms with Crippen LogP contribution in [-0.4, -0.2) is 23.1 Å². The molecule has 0 spiro atoms. The summed E-state index contributed by atoms with van der Waals surface area (Å²) in [6, 6.07) is 0. The van der Waals surface area contributed by atoms with E-state index < -0.39 is 0 Å². The Morgan fingerprint density at radius 2 is 1.50 bits per heavy atom. The van der Waals surface area contributed by atoms with Crippen LogP contribution in [0.5, 0.6) is 0 Å². The van der Waals surface area contributed by atoms with E-state index in [9.17, 15) is 19.2 Å². The molecule has 3 aliphatic carbocycles. The molecule has 112 valence electrons. The summed E-state index contributed by atoms with van der Waals surface area (Å²) >= 11 is 0. The Morgan fingerprint density at radius 3 is 2.27 bits per heavy atom. The summed E-state index contributed by atoms with van der Waals surface area (Å²) in [6.07, 6.45) is 11.2. The molecule has 3 aliphatic rings. The highest BCUT2D eigenvalue weighted by atomic mass is 16.1. The van der Waals surface area contributed by atoms with E-state index in [2.05, 4.69) is 0 Å². The Balaban J connectivity index is 1.80. The van der Waals surface area contributed by atoms with Crippen LogP contribution >= 0.6 is 0 Å². The van der Waals surface area contributed by atoms with E-state index in [4.69, 9.17) is 0 Å². The fraction of sp³-hybridized carbons (Fsp3) is 0.333. The molecule has 0 amide bonds. The monoisotopic (exact) mass is 296 g/mol. The van der Waals surface area contributed by atoms with E-state index in [0.717, 1.165) is 19.3 Å². The minimum atomic E-state index is -0.171. The molecule has 0 aromatic carbocycles. The quantitative estimate of drug-likeness (QED) is 0.748. The van der Waals surface area contributed by atoms with Gasteiger partial charge in [-0.05, 0) is 67.6 Å². The van der Waals surface area contributed by atoms with Crippen molar-refractivity contribution in [2.75, 3.05) is 0 Å². The smallest absolute Gasteiger partial charge is 0.182 e. The zero-order valence-electron chi connectivity index (χ0n) is 12.1. The van der Waals surface area contributed by atoms with E-state index in [0.29, 0.717) is 17.6 Å². The summed E-state index contributed by atoms with van der Waals surface area (Å²) in [6.45, 7) is 0. The lowest BCUT2D eigenvalue weighted by atomic mass is 9.80. The van der Waals surface area contributed by atoms with Crippen LogP contribution in [-0.2, 0) is 19.2 Å². The Labute approximate surface area is 128 Å². The number of carbonyl (C=O) groups is 4. The lowest BCUT2D eigenvalue weighted by Crippen LogP contribution is -2.21. The standard InChI is InChI=1S/C18H16O4/c19-13-4-6-17(21)12(9-13)8-11-2-1-3-15(11)16-10-14(20)5-7-18(16)22/h4-7,9-11,15H,1-3,8H2. The summed E-state index contributed by atoms with van der Waals surface area (Å²) < 4.78 is 0. The molecule has 4 heteroatoms. The van der Waals surface area contributed by atoms with Gasteiger partial charge in [-0.15, -0.1) is 0 Å². The van der Waals surface area contributed by atoms with Gasteiger partial charge in [-0.25, -0.2) is 0 Å².